The standard InChI is InChI=1S/C15H19NO2S/c1-3-11(2)9-14(17)16-13(10-18-15(16)19)12-7-5-4-6-8-12/h4-8,11,13H,3,9-10H2,1-2H3/t11-,13+/m1/s1. The van der Waals surface area contributed by atoms with Gasteiger partial charge in [0, 0.05) is 6.42 Å². The maximum absolute atomic E-state index is 12.4. The van der Waals surface area contributed by atoms with Crippen molar-refractivity contribution < 1.29 is 9.53 Å². The fraction of sp³-hybridized carbons (Fsp3) is 0.467. The second kappa shape index (κ2) is 6.15. The fourth-order valence-corrected chi connectivity index (χ4v) is 2.46. The SMILES string of the molecule is CC[C@@H](C)CC(=O)N1C(=S)OC[C@H]1c1ccccc1. The molecule has 1 aromatic carbocycles. The van der Waals surface area contributed by atoms with E-state index >= 15 is 0 Å². The molecule has 2 atom stereocenters. The van der Waals surface area contributed by atoms with Gasteiger partial charge in [0.2, 0.25) is 5.91 Å². The molecule has 0 saturated carbocycles. The summed E-state index contributed by atoms with van der Waals surface area (Å²) in [5.74, 6) is 0.429. The third-order valence-electron chi connectivity index (χ3n) is 3.55. The molecule has 0 N–H and O–H groups in total. The molecule has 1 amide bonds. The molecule has 0 bridgehead atoms. The molecule has 2 rings (SSSR count). The van der Waals surface area contributed by atoms with Gasteiger partial charge in [-0.15, -0.1) is 0 Å². The van der Waals surface area contributed by atoms with Crippen molar-refractivity contribution in [2.24, 2.45) is 5.92 Å². The van der Waals surface area contributed by atoms with Crippen molar-refractivity contribution in [2.45, 2.75) is 32.7 Å². The highest BCUT2D eigenvalue weighted by Gasteiger charge is 2.36. The normalized spacial score (nSPS) is 20.2. The quantitative estimate of drug-likeness (QED) is 0.791. The Balaban J connectivity index is 2.16. The number of hydrogen-bond donors (Lipinski definition) is 0. The average molecular weight is 277 g/mol. The van der Waals surface area contributed by atoms with E-state index in [0.717, 1.165) is 12.0 Å². The van der Waals surface area contributed by atoms with Crippen LogP contribution < -0.4 is 0 Å². The molecule has 0 aliphatic carbocycles. The first-order valence-electron chi connectivity index (χ1n) is 6.67. The van der Waals surface area contributed by atoms with E-state index in [9.17, 15) is 4.79 Å². The average Bonchev–Trinajstić information content (AvgIpc) is 2.81. The summed E-state index contributed by atoms with van der Waals surface area (Å²) in [6.45, 7) is 4.62. The molecule has 1 fully saturated rings. The molecule has 19 heavy (non-hydrogen) atoms. The predicted octanol–water partition coefficient (Wildman–Crippen LogP) is 3.31. The van der Waals surface area contributed by atoms with Crippen LogP contribution in [0.4, 0.5) is 0 Å². The lowest BCUT2D eigenvalue weighted by Gasteiger charge is -2.22. The van der Waals surface area contributed by atoms with Gasteiger partial charge >= 0.3 is 0 Å². The molecule has 102 valence electrons. The summed E-state index contributed by atoms with van der Waals surface area (Å²) < 4.78 is 5.41. The highest BCUT2D eigenvalue weighted by atomic mass is 32.1. The van der Waals surface area contributed by atoms with Gasteiger partial charge in [0.25, 0.3) is 5.17 Å². The minimum Gasteiger partial charge on any atom is -0.468 e. The predicted molar refractivity (Wildman–Crippen MR) is 78.7 cm³/mol. The summed E-state index contributed by atoms with van der Waals surface area (Å²) in [7, 11) is 0. The van der Waals surface area contributed by atoms with Crippen molar-refractivity contribution in [1.82, 2.24) is 4.90 Å². The van der Waals surface area contributed by atoms with E-state index in [1.165, 1.54) is 0 Å². The summed E-state index contributed by atoms with van der Waals surface area (Å²) in [5, 5.41) is 0.308. The number of thiocarbonyl (C=S) groups is 1. The molecule has 0 radical (unpaired) electrons. The molecule has 1 aromatic rings. The van der Waals surface area contributed by atoms with Crippen molar-refractivity contribution >= 4 is 23.3 Å². The van der Waals surface area contributed by atoms with Crippen LogP contribution in [0.2, 0.25) is 0 Å². The van der Waals surface area contributed by atoms with E-state index in [1.807, 2.05) is 30.3 Å². The largest absolute Gasteiger partial charge is 0.468 e. The minimum absolute atomic E-state index is 0.0608. The summed E-state index contributed by atoms with van der Waals surface area (Å²) in [5.41, 5.74) is 1.07. The van der Waals surface area contributed by atoms with Gasteiger partial charge in [0.1, 0.15) is 6.61 Å². The Morgan fingerprint density at radius 3 is 2.79 bits per heavy atom. The molecule has 4 heteroatoms. The number of carbonyl (C=O) groups is 1. The number of amides is 1. The number of rotatable bonds is 4. The van der Waals surface area contributed by atoms with Crippen LogP contribution in [0.1, 0.15) is 38.3 Å². The van der Waals surface area contributed by atoms with E-state index in [1.54, 1.807) is 4.90 Å². The molecule has 0 aromatic heterocycles. The minimum atomic E-state index is -0.0785. The van der Waals surface area contributed by atoms with Gasteiger partial charge in [-0.25, -0.2) is 0 Å². The Kier molecular flexibility index (Phi) is 4.53. The van der Waals surface area contributed by atoms with E-state index < -0.39 is 0 Å². The van der Waals surface area contributed by atoms with E-state index in [0.29, 0.717) is 24.1 Å². The van der Waals surface area contributed by atoms with Gasteiger partial charge < -0.3 is 4.74 Å². The number of ether oxygens (including phenoxy) is 1. The lowest BCUT2D eigenvalue weighted by molar-refractivity contribution is -0.129. The first kappa shape index (κ1) is 14.0. The van der Waals surface area contributed by atoms with Gasteiger partial charge in [0.15, 0.2) is 0 Å². The smallest absolute Gasteiger partial charge is 0.266 e. The van der Waals surface area contributed by atoms with Crippen molar-refractivity contribution in [1.29, 1.82) is 0 Å². The van der Waals surface area contributed by atoms with Gasteiger partial charge in [-0.1, -0.05) is 50.6 Å². The van der Waals surface area contributed by atoms with Crippen LogP contribution in [-0.2, 0) is 9.53 Å². The van der Waals surface area contributed by atoms with E-state index in [2.05, 4.69) is 13.8 Å². The van der Waals surface area contributed by atoms with Crippen molar-refractivity contribution in [3.63, 3.8) is 0 Å². The van der Waals surface area contributed by atoms with Crippen molar-refractivity contribution in [2.75, 3.05) is 6.61 Å². The zero-order valence-corrected chi connectivity index (χ0v) is 12.2. The third-order valence-corrected chi connectivity index (χ3v) is 3.86. The molecule has 3 nitrogen and oxygen atoms in total. The summed E-state index contributed by atoms with van der Waals surface area (Å²) >= 11 is 5.17. The molecular weight excluding hydrogens is 258 g/mol. The van der Waals surface area contributed by atoms with Crippen molar-refractivity contribution in [3.8, 4) is 0 Å². The van der Waals surface area contributed by atoms with Crippen LogP contribution >= 0.6 is 12.2 Å². The highest BCUT2D eigenvalue weighted by molar-refractivity contribution is 7.80. The molecule has 1 heterocycles. The van der Waals surface area contributed by atoms with Crippen LogP contribution in [0.5, 0.6) is 0 Å². The van der Waals surface area contributed by atoms with Gasteiger partial charge in [0.05, 0.1) is 6.04 Å². The number of carbonyl (C=O) groups excluding carboxylic acids is 1. The van der Waals surface area contributed by atoms with Gasteiger partial charge in [-0.3, -0.25) is 9.69 Å². The molecular formula is C15H19NO2S. The third kappa shape index (κ3) is 3.13. The van der Waals surface area contributed by atoms with Crippen LogP contribution in [0.15, 0.2) is 30.3 Å². The summed E-state index contributed by atoms with van der Waals surface area (Å²) in [6.07, 6.45) is 1.51. The zero-order chi connectivity index (χ0) is 13.8. The van der Waals surface area contributed by atoms with E-state index in [4.69, 9.17) is 17.0 Å². The Morgan fingerprint density at radius 1 is 1.47 bits per heavy atom. The van der Waals surface area contributed by atoms with Gasteiger partial charge in [-0.05, 0) is 23.7 Å². The zero-order valence-electron chi connectivity index (χ0n) is 11.3. The lowest BCUT2D eigenvalue weighted by atomic mass is 10.0. The number of benzene rings is 1. The summed E-state index contributed by atoms with van der Waals surface area (Å²) in [6, 6.07) is 9.83. The Bertz CT molecular complexity index is 460. The maximum Gasteiger partial charge on any atom is 0.266 e. The topological polar surface area (TPSA) is 29.5 Å². The Labute approximate surface area is 119 Å². The first-order valence-corrected chi connectivity index (χ1v) is 7.08. The van der Waals surface area contributed by atoms with Crippen LogP contribution in [0, 0.1) is 5.92 Å². The second-order valence-electron chi connectivity index (χ2n) is 4.98. The second-order valence-corrected chi connectivity index (χ2v) is 5.33. The summed E-state index contributed by atoms with van der Waals surface area (Å²) in [4.78, 5) is 14.0. The Hall–Kier alpha value is -1.42. The van der Waals surface area contributed by atoms with Crippen LogP contribution in [0.25, 0.3) is 0 Å². The number of hydrogen-bond acceptors (Lipinski definition) is 3. The Morgan fingerprint density at radius 2 is 2.16 bits per heavy atom. The van der Waals surface area contributed by atoms with Crippen molar-refractivity contribution in [3.05, 3.63) is 35.9 Å². The lowest BCUT2D eigenvalue weighted by Crippen LogP contribution is -2.34. The highest BCUT2D eigenvalue weighted by Crippen LogP contribution is 2.29. The maximum atomic E-state index is 12.4. The monoisotopic (exact) mass is 277 g/mol. The molecule has 0 unspecified atom stereocenters. The fourth-order valence-electron chi connectivity index (χ4n) is 2.16. The molecule has 1 aliphatic heterocycles. The van der Waals surface area contributed by atoms with Crippen LogP contribution in [0.3, 0.4) is 0 Å². The van der Waals surface area contributed by atoms with E-state index in [-0.39, 0.29) is 11.9 Å². The molecule has 1 aliphatic rings. The van der Waals surface area contributed by atoms with Crippen LogP contribution in [-0.4, -0.2) is 22.6 Å². The number of nitrogens with zero attached hydrogens (tertiary/aromatic N) is 1. The molecule has 0 spiro atoms. The first-order chi connectivity index (χ1) is 9.13. The van der Waals surface area contributed by atoms with Gasteiger partial charge in [-0.2, -0.15) is 0 Å². The molecule has 1 saturated heterocycles.